The Labute approximate surface area is 124 Å². The maximum absolute atomic E-state index is 6.50. The van der Waals surface area contributed by atoms with Crippen LogP contribution in [0.3, 0.4) is 0 Å². The Kier molecular flexibility index (Phi) is 4.03. The third kappa shape index (κ3) is 3.14. The van der Waals surface area contributed by atoms with Crippen molar-refractivity contribution in [2.24, 2.45) is 0 Å². The first-order valence-corrected chi connectivity index (χ1v) is 8.28. The van der Waals surface area contributed by atoms with Crippen LogP contribution in [-0.2, 0) is 5.41 Å². The lowest BCUT2D eigenvalue weighted by Crippen LogP contribution is -2.07. The molecule has 1 unspecified atom stereocenters. The number of thiophene rings is 2. The minimum absolute atomic E-state index is 0.0290. The van der Waals surface area contributed by atoms with E-state index in [-0.39, 0.29) is 10.8 Å². The molecular formula is C13H14BrClS2. The molecular weight excluding hydrogens is 336 g/mol. The van der Waals surface area contributed by atoms with E-state index in [1.54, 1.807) is 11.3 Å². The highest BCUT2D eigenvalue weighted by Crippen LogP contribution is 2.39. The van der Waals surface area contributed by atoms with Crippen LogP contribution in [0, 0.1) is 0 Å². The molecule has 92 valence electrons. The van der Waals surface area contributed by atoms with Crippen LogP contribution in [0.5, 0.6) is 0 Å². The Morgan fingerprint density at radius 3 is 2.47 bits per heavy atom. The van der Waals surface area contributed by atoms with Crippen molar-refractivity contribution in [3.8, 4) is 0 Å². The van der Waals surface area contributed by atoms with E-state index >= 15 is 0 Å². The van der Waals surface area contributed by atoms with Gasteiger partial charge in [0.2, 0.25) is 0 Å². The van der Waals surface area contributed by atoms with Crippen molar-refractivity contribution in [1.29, 1.82) is 0 Å². The summed E-state index contributed by atoms with van der Waals surface area (Å²) in [4.78, 5) is 2.61. The van der Waals surface area contributed by atoms with Crippen LogP contribution in [0.25, 0.3) is 0 Å². The van der Waals surface area contributed by atoms with Crippen LogP contribution in [0.15, 0.2) is 27.4 Å². The Balaban J connectivity index is 2.26. The number of rotatable bonds is 2. The van der Waals surface area contributed by atoms with Gasteiger partial charge in [-0.15, -0.1) is 34.3 Å². The SMILES string of the molecule is CC(C)(C)c1ccc(C(Cl)c2csc(Br)c2)s1. The van der Waals surface area contributed by atoms with Gasteiger partial charge in [-0.1, -0.05) is 20.8 Å². The van der Waals surface area contributed by atoms with E-state index in [4.69, 9.17) is 11.6 Å². The monoisotopic (exact) mass is 348 g/mol. The Morgan fingerprint density at radius 1 is 1.29 bits per heavy atom. The zero-order valence-corrected chi connectivity index (χ0v) is 13.9. The van der Waals surface area contributed by atoms with Gasteiger partial charge < -0.3 is 0 Å². The first-order valence-electron chi connectivity index (χ1n) is 5.36. The molecule has 0 nitrogen and oxygen atoms in total. The van der Waals surface area contributed by atoms with Gasteiger partial charge in [-0.05, 0) is 50.5 Å². The Bertz CT molecular complexity index is 507. The van der Waals surface area contributed by atoms with Crippen LogP contribution in [0.1, 0.15) is 41.5 Å². The standard InChI is InChI=1S/C13H14BrClS2/c1-13(2,3)10-5-4-9(17-10)12(15)8-6-11(14)16-7-8/h4-7,12H,1-3H3. The number of halogens is 2. The highest BCUT2D eigenvalue weighted by Gasteiger charge is 2.20. The summed E-state index contributed by atoms with van der Waals surface area (Å²) in [6, 6.07) is 6.43. The zero-order valence-electron chi connectivity index (χ0n) is 9.96. The van der Waals surface area contributed by atoms with Gasteiger partial charge in [-0.3, -0.25) is 0 Å². The van der Waals surface area contributed by atoms with Crippen LogP contribution in [0.2, 0.25) is 0 Å². The van der Waals surface area contributed by atoms with Crippen LogP contribution < -0.4 is 0 Å². The quantitative estimate of drug-likeness (QED) is 0.566. The van der Waals surface area contributed by atoms with Crippen molar-refractivity contribution < 1.29 is 0 Å². The highest BCUT2D eigenvalue weighted by molar-refractivity contribution is 9.11. The van der Waals surface area contributed by atoms with E-state index in [9.17, 15) is 0 Å². The molecule has 0 spiro atoms. The Hall–Kier alpha value is 0.170. The lowest BCUT2D eigenvalue weighted by atomic mass is 9.95. The fourth-order valence-electron chi connectivity index (χ4n) is 1.51. The summed E-state index contributed by atoms with van der Waals surface area (Å²) >= 11 is 13.5. The van der Waals surface area contributed by atoms with Gasteiger partial charge in [0.25, 0.3) is 0 Å². The molecule has 2 aromatic rings. The number of hydrogen-bond acceptors (Lipinski definition) is 2. The predicted molar refractivity (Wildman–Crippen MR) is 82.7 cm³/mol. The lowest BCUT2D eigenvalue weighted by Gasteiger charge is -2.15. The lowest BCUT2D eigenvalue weighted by molar-refractivity contribution is 0.604. The van der Waals surface area contributed by atoms with E-state index in [0.717, 1.165) is 3.79 Å². The predicted octanol–water partition coefficient (Wildman–Crippen LogP) is 6.20. The zero-order chi connectivity index (χ0) is 12.6. The van der Waals surface area contributed by atoms with Gasteiger partial charge in [0.15, 0.2) is 0 Å². The molecule has 0 radical (unpaired) electrons. The first kappa shape index (κ1) is 13.6. The summed E-state index contributed by atoms with van der Waals surface area (Å²) < 4.78 is 1.13. The number of alkyl halides is 1. The average molecular weight is 350 g/mol. The van der Waals surface area contributed by atoms with E-state index in [1.165, 1.54) is 15.3 Å². The third-order valence-corrected chi connectivity index (χ3v) is 6.21. The molecule has 4 heteroatoms. The molecule has 0 N–H and O–H groups in total. The first-order chi connectivity index (χ1) is 7.88. The second-order valence-electron chi connectivity index (χ2n) is 5.00. The molecule has 17 heavy (non-hydrogen) atoms. The van der Waals surface area contributed by atoms with Gasteiger partial charge >= 0.3 is 0 Å². The maximum Gasteiger partial charge on any atom is 0.0936 e. The van der Waals surface area contributed by atoms with E-state index in [0.29, 0.717) is 0 Å². The molecule has 0 saturated carbocycles. The molecule has 0 saturated heterocycles. The fraction of sp³-hybridized carbons (Fsp3) is 0.385. The van der Waals surface area contributed by atoms with Crippen molar-refractivity contribution >= 4 is 50.2 Å². The van der Waals surface area contributed by atoms with Crippen molar-refractivity contribution in [3.63, 3.8) is 0 Å². The number of hydrogen-bond donors (Lipinski definition) is 0. The molecule has 0 bridgehead atoms. The molecule has 0 amide bonds. The normalized spacial score (nSPS) is 13.9. The summed E-state index contributed by atoms with van der Waals surface area (Å²) in [7, 11) is 0. The molecule has 0 aliphatic heterocycles. The topological polar surface area (TPSA) is 0 Å². The van der Waals surface area contributed by atoms with Gasteiger partial charge in [0.1, 0.15) is 0 Å². The largest absolute Gasteiger partial charge is 0.143 e. The fourth-order valence-corrected chi connectivity index (χ4v) is 4.19. The summed E-state index contributed by atoms with van der Waals surface area (Å²) in [5.41, 5.74) is 1.38. The second-order valence-corrected chi connectivity index (χ2v) is 8.84. The Morgan fingerprint density at radius 2 is 2.00 bits per heavy atom. The summed E-state index contributed by atoms with van der Waals surface area (Å²) in [6.07, 6.45) is 0. The van der Waals surface area contributed by atoms with Gasteiger partial charge in [-0.2, -0.15) is 0 Å². The molecule has 2 aromatic heterocycles. The van der Waals surface area contributed by atoms with Crippen molar-refractivity contribution in [2.45, 2.75) is 31.6 Å². The van der Waals surface area contributed by atoms with E-state index in [2.05, 4.69) is 60.3 Å². The molecule has 0 aliphatic carbocycles. The molecule has 2 rings (SSSR count). The van der Waals surface area contributed by atoms with Gasteiger partial charge in [0, 0.05) is 9.75 Å². The highest BCUT2D eigenvalue weighted by atomic mass is 79.9. The smallest absolute Gasteiger partial charge is 0.0936 e. The van der Waals surface area contributed by atoms with Crippen molar-refractivity contribution in [2.75, 3.05) is 0 Å². The summed E-state index contributed by atoms with van der Waals surface area (Å²) in [5, 5.41) is 2.08. The molecule has 0 aliphatic rings. The van der Waals surface area contributed by atoms with E-state index in [1.807, 2.05) is 11.3 Å². The summed E-state index contributed by atoms with van der Waals surface area (Å²) in [6.45, 7) is 6.69. The second kappa shape index (κ2) is 5.04. The third-order valence-electron chi connectivity index (χ3n) is 2.50. The summed E-state index contributed by atoms with van der Waals surface area (Å²) in [5.74, 6) is 0. The van der Waals surface area contributed by atoms with E-state index < -0.39 is 0 Å². The maximum atomic E-state index is 6.50. The minimum Gasteiger partial charge on any atom is -0.143 e. The van der Waals surface area contributed by atoms with Crippen LogP contribution in [0.4, 0.5) is 0 Å². The molecule has 2 heterocycles. The van der Waals surface area contributed by atoms with Crippen LogP contribution >= 0.6 is 50.2 Å². The minimum atomic E-state index is -0.0290. The van der Waals surface area contributed by atoms with Crippen molar-refractivity contribution in [1.82, 2.24) is 0 Å². The molecule has 0 aromatic carbocycles. The molecule has 1 atom stereocenters. The van der Waals surface area contributed by atoms with Gasteiger partial charge in [-0.25, -0.2) is 0 Å². The van der Waals surface area contributed by atoms with Crippen molar-refractivity contribution in [3.05, 3.63) is 42.7 Å². The average Bonchev–Trinajstić information content (AvgIpc) is 2.83. The molecule has 0 fully saturated rings. The van der Waals surface area contributed by atoms with Crippen LogP contribution in [-0.4, -0.2) is 0 Å². The van der Waals surface area contributed by atoms with Gasteiger partial charge in [0.05, 0.1) is 9.16 Å².